The summed E-state index contributed by atoms with van der Waals surface area (Å²) in [6, 6.07) is 8.40. The number of aromatic carboxylic acids is 1. The highest BCUT2D eigenvalue weighted by Crippen LogP contribution is 2.17. The Kier molecular flexibility index (Phi) is 4.24. The van der Waals surface area contributed by atoms with E-state index in [1.54, 1.807) is 0 Å². The molecule has 0 bridgehead atoms. The van der Waals surface area contributed by atoms with E-state index in [9.17, 15) is 17.8 Å². The third-order valence-electron chi connectivity index (χ3n) is 2.66. The summed E-state index contributed by atoms with van der Waals surface area (Å²) >= 11 is 0. The van der Waals surface area contributed by atoms with Crippen LogP contribution in [-0.4, -0.2) is 15.3 Å². The molecule has 0 heterocycles. The molecule has 2 aromatic carbocycles. The Morgan fingerprint density at radius 3 is 2.35 bits per heavy atom. The first-order chi connectivity index (χ1) is 9.47. The zero-order valence-corrected chi connectivity index (χ0v) is 11.0. The van der Waals surface area contributed by atoms with Crippen LogP contribution >= 0.6 is 0 Å². The van der Waals surface area contributed by atoms with Gasteiger partial charge in [-0.05, 0) is 42.5 Å². The summed E-state index contributed by atoms with van der Waals surface area (Å²) in [6.07, 6.45) is 0. The molecule has 0 radical (unpaired) electrons. The van der Waals surface area contributed by atoms with Crippen molar-refractivity contribution in [3.63, 3.8) is 0 Å². The predicted octanol–water partition coefficient (Wildman–Crippen LogP) is 2.97. The van der Waals surface area contributed by atoms with E-state index in [4.69, 9.17) is 5.11 Å². The molecule has 104 valence electrons. The lowest BCUT2D eigenvalue weighted by Crippen LogP contribution is -2.01. The third-order valence-corrected chi connectivity index (χ3v) is 4.03. The van der Waals surface area contributed by atoms with Crippen LogP contribution in [-0.2, 0) is 16.6 Å². The van der Waals surface area contributed by atoms with Gasteiger partial charge in [0.05, 0.1) is 22.1 Å². The molecule has 1 atom stereocenters. The van der Waals surface area contributed by atoms with E-state index in [-0.39, 0.29) is 16.9 Å². The van der Waals surface area contributed by atoms with Crippen LogP contribution in [0.5, 0.6) is 0 Å². The van der Waals surface area contributed by atoms with Crippen molar-refractivity contribution < 1.29 is 22.9 Å². The molecule has 0 amide bonds. The van der Waals surface area contributed by atoms with E-state index in [1.807, 2.05) is 0 Å². The molecule has 20 heavy (non-hydrogen) atoms. The molecule has 1 unspecified atom stereocenters. The lowest BCUT2D eigenvalue weighted by Gasteiger charge is -2.05. The number of rotatable bonds is 4. The van der Waals surface area contributed by atoms with Gasteiger partial charge in [-0.15, -0.1) is 0 Å². The predicted molar refractivity (Wildman–Crippen MR) is 69.9 cm³/mol. The number of hydrogen-bond donors (Lipinski definition) is 1. The average Bonchev–Trinajstić information content (AvgIpc) is 2.43. The van der Waals surface area contributed by atoms with Crippen LogP contribution < -0.4 is 0 Å². The van der Waals surface area contributed by atoms with Crippen molar-refractivity contribution in [2.24, 2.45) is 0 Å². The first-order valence-electron chi connectivity index (χ1n) is 5.63. The van der Waals surface area contributed by atoms with Gasteiger partial charge in [-0.1, -0.05) is 0 Å². The molecule has 0 aliphatic heterocycles. The SMILES string of the molecule is O=C(O)c1ccc(S(=O)Cc2cc(F)ccc2F)cc1. The zero-order chi connectivity index (χ0) is 14.7. The highest BCUT2D eigenvalue weighted by atomic mass is 32.2. The Labute approximate surface area is 116 Å². The normalized spacial score (nSPS) is 12.1. The second-order valence-corrected chi connectivity index (χ2v) is 5.51. The molecule has 3 nitrogen and oxygen atoms in total. The minimum Gasteiger partial charge on any atom is -0.478 e. The number of benzene rings is 2. The van der Waals surface area contributed by atoms with Gasteiger partial charge >= 0.3 is 5.97 Å². The smallest absolute Gasteiger partial charge is 0.335 e. The summed E-state index contributed by atoms with van der Waals surface area (Å²) in [7, 11) is -1.57. The second-order valence-electron chi connectivity index (χ2n) is 4.06. The van der Waals surface area contributed by atoms with Crippen LogP contribution in [0.25, 0.3) is 0 Å². The highest BCUT2D eigenvalue weighted by molar-refractivity contribution is 7.84. The molecule has 0 aliphatic carbocycles. The number of carboxylic acid groups (broad SMARTS) is 1. The van der Waals surface area contributed by atoms with E-state index in [0.29, 0.717) is 4.90 Å². The van der Waals surface area contributed by atoms with Gasteiger partial charge < -0.3 is 5.11 Å². The Morgan fingerprint density at radius 2 is 1.75 bits per heavy atom. The molecule has 0 spiro atoms. The Morgan fingerprint density at radius 1 is 1.10 bits per heavy atom. The Balaban J connectivity index is 2.19. The van der Waals surface area contributed by atoms with Crippen molar-refractivity contribution in [1.29, 1.82) is 0 Å². The van der Waals surface area contributed by atoms with Crippen LogP contribution in [0, 0.1) is 11.6 Å². The molecule has 6 heteroatoms. The van der Waals surface area contributed by atoms with Crippen molar-refractivity contribution in [3.05, 3.63) is 65.2 Å². The fourth-order valence-electron chi connectivity index (χ4n) is 1.63. The summed E-state index contributed by atoms with van der Waals surface area (Å²) < 4.78 is 38.5. The average molecular weight is 296 g/mol. The van der Waals surface area contributed by atoms with E-state index in [2.05, 4.69) is 0 Å². The maximum Gasteiger partial charge on any atom is 0.335 e. The standard InChI is InChI=1S/C14H10F2O3S/c15-11-3-6-13(16)10(7-11)8-20(19)12-4-1-9(2-5-12)14(17)18/h1-7H,8H2,(H,17,18). The summed E-state index contributed by atoms with van der Waals surface area (Å²) in [4.78, 5) is 11.0. The van der Waals surface area contributed by atoms with Gasteiger partial charge in [0.2, 0.25) is 0 Å². The number of hydrogen-bond acceptors (Lipinski definition) is 2. The first-order valence-corrected chi connectivity index (χ1v) is 6.95. The fourth-order valence-corrected chi connectivity index (χ4v) is 2.74. The summed E-state index contributed by atoms with van der Waals surface area (Å²) in [5.74, 6) is -2.48. The third kappa shape index (κ3) is 3.27. The minimum atomic E-state index is -1.57. The largest absolute Gasteiger partial charge is 0.478 e. The van der Waals surface area contributed by atoms with Gasteiger partial charge in [0, 0.05) is 10.5 Å². The van der Waals surface area contributed by atoms with Crippen molar-refractivity contribution in [2.75, 3.05) is 0 Å². The van der Waals surface area contributed by atoms with E-state index < -0.39 is 28.4 Å². The topological polar surface area (TPSA) is 54.4 Å². The minimum absolute atomic E-state index is 0.0191. The number of halogens is 2. The summed E-state index contributed by atoms with van der Waals surface area (Å²) in [5.41, 5.74) is 0.0910. The van der Waals surface area contributed by atoms with Gasteiger partial charge in [-0.25, -0.2) is 13.6 Å². The molecule has 2 aromatic rings. The lowest BCUT2D eigenvalue weighted by atomic mass is 10.2. The van der Waals surface area contributed by atoms with E-state index in [0.717, 1.165) is 18.2 Å². The van der Waals surface area contributed by atoms with E-state index >= 15 is 0 Å². The van der Waals surface area contributed by atoms with Crippen molar-refractivity contribution in [1.82, 2.24) is 0 Å². The Hall–Kier alpha value is -2.08. The van der Waals surface area contributed by atoms with Crippen molar-refractivity contribution >= 4 is 16.8 Å². The Bertz CT molecular complexity index is 669. The molecule has 2 rings (SSSR count). The molecular weight excluding hydrogens is 286 g/mol. The summed E-state index contributed by atoms with van der Waals surface area (Å²) in [6.45, 7) is 0. The van der Waals surface area contributed by atoms with Gasteiger partial charge in [0.15, 0.2) is 0 Å². The molecule has 0 saturated carbocycles. The van der Waals surface area contributed by atoms with Gasteiger partial charge in [0.1, 0.15) is 11.6 Å². The monoisotopic (exact) mass is 296 g/mol. The molecule has 0 aliphatic rings. The van der Waals surface area contributed by atoms with Crippen LogP contribution in [0.4, 0.5) is 8.78 Å². The van der Waals surface area contributed by atoms with Crippen LogP contribution in [0.2, 0.25) is 0 Å². The first kappa shape index (κ1) is 14.3. The number of carboxylic acids is 1. The molecule has 0 saturated heterocycles. The van der Waals surface area contributed by atoms with Gasteiger partial charge in [-0.3, -0.25) is 4.21 Å². The van der Waals surface area contributed by atoms with Crippen LogP contribution in [0.1, 0.15) is 15.9 Å². The van der Waals surface area contributed by atoms with Crippen LogP contribution in [0.15, 0.2) is 47.4 Å². The molecule has 0 fully saturated rings. The van der Waals surface area contributed by atoms with Gasteiger partial charge in [-0.2, -0.15) is 0 Å². The fraction of sp³-hybridized carbons (Fsp3) is 0.0714. The summed E-state index contributed by atoms with van der Waals surface area (Å²) in [5, 5.41) is 8.75. The van der Waals surface area contributed by atoms with Gasteiger partial charge in [0.25, 0.3) is 0 Å². The second kappa shape index (κ2) is 5.92. The van der Waals surface area contributed by atoms with Crippen molar-refractivity contribution in [3.8, 4) is 0 Å². The quantitative estimate of drug-likeness (QED) is 0.943. The maximum absolute atomic E-state index is 13.4. The highest BCUT2D eigenvalue weighted by Gasteiger charge is 2.11. The molecule has 1 N–H and O–H groups in total. The van der Waals surface area contributed by atoms with Crippen LogP contribution in [0.3, 0.4) is 0 Å². The van der Waals surface area contributed by atoms with Crippen molar-refractivity contribution in [2.45, 2.75) is 10.6 Å². The number of carbonyl (C=O) groups is 1. The maximum atomic E-state index is 13.4. The zero-order valence-electron chi connectivity index (χ0n) is 10.2. The lowest BCUT2D eigenvalue weighted by molar-refractivity contribution is 0.0697. The molecule has 0 aromatic heterocycles. The molecular formula is C14H10F2O3S. The van der Waals surface area contributed by atoms with E-state index in [1.165, 1.54) is 24.3 Å².